The largest absolute Gasteiger partial charge is 0.508 e. The molecular weight excluding hydrogens is 264 g/mol. The van der Waals surface area contributed by atoms with Gasteiger partial charge in [-0.05, 0) is 36.4 Å². The van der Waals surface area contributed by atoms with Gasteiger partial charge in [-0.2, -0.15) is 0 Å². The molecule has 0 atom stereocenters. The Balaban J connectivity index is 2.30. The van der Waals surface area contributed by atoms with Gasteiger partial charge in [0.2, 0.25) is 0 Å². The first-order valence-corrected chi connectivity index (χ1v) is 5.55. The van der Waals surface area contributed by atoms with Crippen LogP contribution in [-0.4, -0.2) is 21.1 Å². The molecule has 0 bridgehead atoms. The van der Waals surface area contributed by atoms with Crippen molar-refractivity contribution in [3.63, 3.8) is 0 Å². The maximum Gasteiger partial charge on any atom is 0.335 e. The lowest BCUT2D eigenvalue weighted by atomic mass is 10.2. The molecule has 7 heteroatoms. The molecule has 0 unspecified atom stereocenters. The van der Waals surface area contributed by atoms with Crippen LogP contribution in [0.2, 0.25) is 0 Å². The summed E-state index contributed by atoms with van der Waals surface area (Å²) in [5.74, 6) is -1.25. The Kier molecular flexibility index (Phi) is 3.52. The van der Waals surface area contributed by atoms with Gasteiger partial charge in [-0.3, -0.25) is 10.1 Å². The molecule has 0 saturated carbocycles. The average Bonchev–Trinajstić information content (AvgIpc) is 2.41. The van der Waals surface area contributed by atoms with E-state index in [4.69, 9.17) is 5.11 Å². The van der Waals surface area contributed by atoms with Crippen molar-refractivity contribution in [1.29, 1.82) is 0 Å². The van der Waals surface area contributed by atoms with Crippen LogP contribution in [-0.2, 0) is 0 Å². The molecule has 102 valence electrons. The van der Waals surface area contributed by atoms with E-state index in [0.29, 0.717) is 5.69 Å². The van der Waals surface area contributed by atoms with E-state index in [1.54, 1.807) is 0 Å². The highest BCUT2D eigenvalue weighted by Crippen LogP contribution is 2.30. The summed E-state index contributed by atoms with van der Waals surface area (Å²) in [4.78, 5) is 21.0. The molecule has 0 fully saturated rings. The predicted octanol–water partition coefficient (Wildman–Crippen LogP) is 2.74. The first-order chi connectivity index (χ1) is 9.47. The molecule has 2 aromatic carbocycles. The van der Waals surface area contributed by atoms with Crippen LogP contribution in [0.3, 0.4) is 0 Å². The number of benzene rings is 2. The first-order valence-electron chi connectivity index (χ1n) is 5.55. The average molecular weight is 274 g/mol. The second-order valence-corrected chi connectivity index (χ2v) is 3.97. The van der Waals surface area contributed by atoms with Gasteiger partial charge >= 0.3 is 5.97 Å². The zero-order valence-corrected chi connectivity index (χ0v) is 10.1. The van der Waals surface area contributed by atoms with Crippen molar-refractivity contribution < 1.29 is 19.9 Å². The van der Waals surface area contributed by atoms with E-state index < -0.39 is 10.9 Å². The van der Waals surface area contributed by atoms with E-state index in [0.717, 1.165) is 6.07 Å². The fourth-order valence-corrected chi connectivity index (χ4v) is 1.63. The topological polar surface area (TPSA) is 113 Å². The van der Waals surface area contributed by atoms with E-state index in [9.17, 15) is 20.0 Å². The van der Waals surface area contributed by atoms with E-state index in [2.05, 4.69) is 5.32 Å². The second-order valence-electron chi connectivity index (χ2n) is 3.97. The summed E-state index contributed by atoms with van der Waals surface area (Å²) in [5, 5.41) is 31.7. The highest BCUT2D eigenvalue weighted by atomic mass is 16.6. The van der Waals surface area contributed by atoms with Gasteiger partial charge in [0.05, 0.1) is 16.6 Å². The summed E-state index contributed by atoms with van der Waals surface area (Å²) in [6, 6.07) is 9.50. The van der Waals surface area contributed by atoms with Crippen molar-refractivity contribution in [2.45, 2.75) is 0 Å². The number of nitro groups is 1. The van der Waals surface area contributed by atoms with Crippen LogP contribution < -0.4 is 5.32 Å². The van der Waals surface area contributed by atoms with Crippen molar-refractivity contribution >= 4 is 23.0 Å². The molecule has 7 nitrogen and oxygen atoms in total. The Hall–Kier alpha value is -3.09. The summed E-state index contributed by atoms with van der Waals surface area (Å²) in [5.41, 5.74) is 0.558. The zero-order valence-electron chi connectivity index (χ0n) is 10.1. The Bertz CT molecular complexity index is 667. The van der Waals surface area contributed by atoms with E-state index in [1.807, 2.05) is 0 Å². The van der Waals surface area contributed by atoms with Crippen LogP contribution in [0.15, 0.2) is 42.5 Å². The molecule has 20 heavy (non-hydrogen) atoms. The third kappa shape index (κ3) is 2.83. The van der Waals surface area contributed by atoms with Crippen molar-refractivity contribution in [2.75, 3.05) is 5.32 Å². The number of carboxylic acid groups (broad SMARTS) is 1. The van der Waals surface area contributed by atoms with Crippen molar-refractivity contribution in [3.05, 3.63) is 58.1 Å². The van der Waals surface area contributed by atoms with E-state index in [-0.39, 0.29) is 22.7 Å². The number of nitrogens with zero attached hydrogens (tertiary/aromatic N) is 1. The Morgan fingerprint density at radius 3 is 2.35 bits per heavy atom. The number of carboxylic acids is 1. The summed E-state index contributed by atoms with van der Waals surface area (Å²) < 4.78 is 0. The molecule has 0 amide bonds. The van der Waals surface area contributed by atoms with E-state index in [1.165, 1.54) is 36.4 Å². The Morgan fingerprint density at radius 1 is 1.15 bits per heavy atom. The van der Waals surface area contributed by atoms with Crippen LogP contribution in [0, 0.1) is 10.1 Å². The van der Waals surface area contributed by atoms with Gasteiger partial charge in [0.25, 0.3) is 5.69 Å². The molecule has 0 heterocycles. The highest BCUT2D eigenvalue weighted by molar-refractivity contribution is 5.88. The number of aromatic hydroxyl groups is 1. The molecule has 0 aliphatic rings. The number of phenolic OH excluding ortho intramolecular Hbond substituents is 1. The minimum Gasteiger partial charge on any atom is -0.508 e. The molecule has 0 radical (unpaired) electrons. The van der Waals surface area contributed by atoms with E-state index >= 15 is 0 Å². The van der Waals surface area contributed by atoms with Crippen LogP contribution >= 0.6 is 0 Å². The summed E-state index contributed by atoms with van der Waals surface area (Å²) in [6.07, 6.45) is 0. The third-order valence-corrected chi connectivity index (χ3v) is 2.59. The third-order valence-electron chi connectivity index (χ3n) is 2.59. The van der Waals surface area contributed by atoms with Crippen LogP contribution in [0.25, 0.3) is 0 Å². The molecule has 2 aromatic rings. The SMILES string of the molecule is O=C(O)c1ccc(Nc2ccc(O)cc2[N+](=O)[O-])cc1. The smallest absolute Gasteiger partial charge is 0.335 e. The fraction of sp³-hybridized carbons (Fsp3) is 0. The van der Waals surface area contributed by atoms with Gasteiger partial charge in [-0.1, -0.05) is 0 Å². The van der Waals surface area contributed by atoms with Gasteiger partial charge < -0.3 is 15.5 Å². The second kappa shape index (κ2) is 5.27. The molecule has 2 rings (SSSR count). The molecule has 0 saturated heterocycles. The van der Waals surface area contributed by atoms with Crippen molar-refractivity contribution in [2.24, 2.45) is 0 Å². The number of phenols is 1. The number of aromatic carboxylic acids is 1. The summed E-state index contributed by atoms with van der Waals surface area (Å²) in [6.45, 7) is 0. The number of anilines is 2. The predicted molar refractivity (Wildman–Crippen MR) is 71.4 cm³/mol. The quantitative estimate of drug-likeness (QED) is 0.449. The Labute approximate surface area is 113 Å². The number of rotatable bonds is 4. The molecule has 0 aliphatic carbocycles. The van der Waals surface area contributed by atoms with Gasteiger partial charge in [-0.15, -0.1) is 0 Å². The van der Waals surface area contributed by atoms with Crippen LogP contribution in [0.1, 0.15) is 10.4 Å². The number of hydrogen-bond donors (Lipinski definition) is 3. The standard InChI is InChI=1S/C13H10N2O5/c16-10-5-6-11(12(7-10)15(19)20)14-9-3-1-8(2-4-9)13(17)18/h1-7,14,16H,(H,17,18). The normalized spacial score (nSPS) is 10.0. The maximum absolute atomic E-state index is 10.9. The lowest BCUT2D eigenvalue weighted by Crippen LogP contribution is -1.98. The van der Waals surface area contributed by atoms with Crippen molar-refractivity contribution in [3.8, 4) is 5.75 Å². The summed E-state index contributed by atoms with van der Waals surface area (Å²) >= 11 is 0. The van der Waals surface area contributed by atoms with Gasteiger partial charge in [-0.25, -0.2) is 4.79 Å². The molecular formula is C13H10N2O5. The number of carbonyl (C=O) groups is 1. The van der Waals surface area contributed by atoms with Gasteiger partial charge in [0.15, 0.2) is 0 Å². The van der Waals surface area contributed by atoms with Crippen molar-refractivity contribution in [1.82, 2.24) is 0 Å². The first kappa shape index (κ1) is 13.3. The highest BCUT2D eigenvalue weighted by Gasteiger charge is 2.14. The lowest BCUT2D eigenvalue weighted by molar-refractivity contribution is -0.384. The lowest BCUT2D eigenvalue weighted by Gasteiger charge is -2.07. The maximum atomic E-state index is 10.9. The minimum atomic E-state index is -1.05. The number of nitro benzene ring substituents is 1. The Morgan fingerprint density at radius 2 is 1.80 bits per heavy atom. The molecule has 0 aliphatic heterocycles. The molecule has 0 aromatic heterocycles. The molecule has 3 N–H and O–H groups in total. The molecule has 0 spiro atoms. The number of hydrogen-bond acceptors (Lipinski definition) is 5. The zero-order chi connectivity index (χ0) is 14.7. The van der Waals surface area contributed by atoms with Crippen LogP contribution in [0.4, 0.5) is 17.1 Å². The number of nitrogens with one attached hydrogen (secondary N) is 1. The van der Waals surface area contributed by atoms with Crippen LogP contribution in [0.5, 0.6) is 5.75 Å². The summed E-state index contributed by atoms with van der Waals surface area (Å²) in [7, 11) is 0. The minimum absolute atomic E-state index is 0.121. The van der Waals surface area contributed by atoms with Gasteiger partial charge in [0.1, 0.15) is 11.4 Å². The van der Waals surface area contributed by atoms with Gasteiger partial charge in [0, 0.05) is 5.69 Å². The fourth-order valence-electron chi connectivity index (χ4n) is 1.63. The monoisotopic (exact) mass is 274 g/mol.